The van der Waals surface area contributed by atoms with Crippen LogP contribution in [0.4, 0.5) is 0 Å². The zero-order chi connectivity index (χ0) is 21.6. The summed E-state index contributed by atoms with van der Waals surface area (Å²) in [7, 11) is -2.52. The van der Waals surface area contributed by atoms with Crippen LogP contribution < -0.4 is 4.18 Å². The molecule has 0 bridgehead atoms. The monoisotopic (exact) mass is 439 g/mol. The summed E-state index contributed by atoms with van der Waals surface area (Å²) >= 11 is 6.08. The van der Waals surface area contributed by atoms with Gasteiger partial charge in [-0.2, -0.15) is 8.42 Å². The lowest BCUT2D eigenvalue weighted by molar-refractivity contribution is -0.135. The maximum Gasteiger partial charge on any atom is 0.340 e. The van der Waals surface area contributed by atoms with Gasteiger partial charge in [0.1, 0.15) is 10.6 Å². The lowest BCUT2D eigenvalue weighted by Gasteiger charge is -2.24. The molecule has 0 aliphatic heterocycles. The van der Waals surface area contributed by atoms with Crippen molar-refractivity contribution in [1.29, 1.82) is 0 Å². The first-order valence-corrected chi connectivity index (χ1v) is 11.0. The highest BCUT2D eigenvalue weighted by Gasteiger charge is 2.23. The van der Waals surface area contributed by atoms with E-state index in [1.807, 2.05) is 19.9 Å². The van der Waals surface area contributed by atoms with Gasteiger partial charge in [0.2, 0.25) is 5.91 Å². The molecule has 0 aliphatic carbocycles. The third-order valence-corrected chi connectivity index (χ3v) is 6.14. The van der Waals surface area contributed by atoms with E-state index in [1.165, 1.54) is 6.07 Å². The van der Waals surface area contributed by atoms with Crippen LogP contribution in [0.25, 0.3) is 0 Å². The van der Waals surface area contributed by atoms with Crippen LogP contribution in [0.1, 0.15) is 25.0 Å². The van der Waals surface area contributed by atoms with Crippen molar-refractivity contribution < 1.29 is 22.1 Å². The molecule has 0 aromatic heterocycles. The number of amides is 1. The summed E-state index contributed by atoms with van der Waals surface area (Å²) in [5.41, 5.74) is 1.25. The van der Waals surface area contributed by atoms with Gasteiger partial charge in [-0.25, -0.2) is 0 Å². The normalized spacial score (nSPS) is 11.5. The van der Waals surface area contributed by atoms with Crippen LogP contribution in [0.15, 0.2) is 47.4 Å². The molecule has 2 aromatic rings. The number of halogens is 1. The average molecular weight is 440 g/mol. The predicted octanol–water partition coefficient (Wildman–Crippen LogP) is 4.05. The van der Waals surface area contributed by atoms with E-state index < -0.39 is 10.1 Å². The number of hydrogen-bond donors (Lipinski definition) is 0. The summed E-state index contributed by atoms with van der Waals surface area (Å²) < 4.78 is 35.9. The van der Waals surface area contributed by atoms with Crippen molar-refractivity contribution in [2.45, 2.75) is 32.2 Å². The number of ether oxygens (including phenoxy) is 1. The van der Waals surface area contributed by atoms with E-state index in [0.29, 0.717) is 25.3 Å². The second-order valence-corrected chi connectivity index (χ2v) is 8.87. The molecule has 0 saturated heterocycles. The maximum atomic E-state index is 12.7. The third kappa shape index (κ3) is 6.19. The van der Waals surface area contributed by atoms with E-state index in [2.05, 4.69) is 0 Å². The van der Waals surface area contributed by atoms with Gasteiger partial charge in [0, 0.05) is 26.1 Å². The van der Waals surface area contributed by atoms with Crippen molar-refractivity contribution >= 4 is 27.6 Å². The van der Waals surface area contributed by atoms with E-state index in [1.54, 1.807) is 49.3 Å². The number of nitrogens with zero attached hydrogens (tertiary/aromatic N) is 1. The first-order valence-electron chi connectivity index (χ1n) is 9.22. The Kier molecular flexibility index (Phi) is 8.07. The van der Waals surface area contributed by atoms with Crippen molar-refractivity contribution in [3.05, 3.63) is 58.6 Å². The van der Waals surface area contributed by atoms with Gasteiger partial charge in [0.25, 0.3) is 0 Å². The minimum Gasteiger partial charge on any atom is -0.383 e. The van der Waals surface area contributed by atoms with E-state index in [9.17, 15) is 13.2 Å². The van der Waals surface area contributed by atoms with Crippen molar-refractivity contribution in [3.8, 4) is 5.75 Å². The van der Waals surface area contributed by atoms with E-state index in [-0.39, 0.29) is 27.5 Å². The lowest BCUT2D eigenvalue weighted by atomic mass is 10.1. The molecule has 0 fully saturated rings. The molecule has 1 amide bonds. The van der Waals surface area contributed by atoms with Crippen molar-refractivity contribution in [1.82, 2.24) is 4.90 Å². The van der Waals surface area contributed by atoms with Crippen LogP contribution in [-0.2, 0) is 26.2 Å². The molecule has 0 N–H and O–H groups in total. The van der Waals surface area contributed by atoms with Crippen molar-refractivity contribution in [2.24, 2.45) is 5.92 Å². The zero-order valence-corrected chi connectivity index (χ0v) is 18.6. The Morgan fingerprint density at radius 2 is 1.86 bits per heavy atom. The molecule has 2 rings (SSSR count). The highest BCUT2D eigenvalue weighted by atomic mass is 35.5. The first kappa shape index (κ1) is 23.2. The summed E-state index contributed by atoms with van der Waals surface area (Å²) in [5, 5.41) is 0.106. The number of hydrogen-bond acceptors (Lipinski definition) is 5. The third-order valence-electron chi connectivity index (χ3n) is 4.26. The fourth-order valence-electron chi connectivity index (χ4n) is 2.85. The fraction of sp³-hybridized carbons (Fsp3) is 0.381. The van der Waals surface area contributed by atoms with Crippen LogP contribution >= 0.6 is 11.6 Å². The molecular weight excluding hydrogens is 414 g/mol. The van der Waals surface area contributed by atoms with Gasteiger partial charge >= 0.3 is 10.1 Å². The van der Waals surface area contributed by atoms with Gasteiger partial charge < -0.3 is 13.8 Å². The second kappa shape index (κ2) is 10.1. The molecule has 2 aromatic carbocycles. The van der Waals surface area contributed by atoms with Crippen molar-refractivity contribution in [3.63, 3.8) is 0 Å². The number of benzene rings is 2. The Bertz CT molecular complexity index is 939. The van der Waals surface area contributed by atoms with Gasteiger partial charge in [-0.15, -0.1) is 0 Å². The summed E-state index contributed by atoms with van der Waals surface area (Å²) in [6.07, 6.45) is 0. The molecule has 29 heavy (non-hydrogen) atoms. The summed E-state index contributed by atoms with van der Waals surface area (Å²) in [6, 6.07) is 11.5. The number of rotatable bonds is 9. The van der Waals surface area contributed by atoms with E-state index in [0.717, 1.165) is 5.56 Å². The molecule has 0 unspecified atom stereocenters. The Labute approximate surface area is 177 Å². The molecule has 6 nitrogen and oxygen atoms in total. The largest absolute Gasteiger partial charge is 0.383 e. The Balaban J connectivity index is 2.25. The molecule has 0 saturated carbocycles. The Hall–Kier alpha value is -2.09. The van der Waals surface area contributed by atoms with E-state index in [4.69, 9.17) is 20.5 Å². The van der Waals surface area contributed by atoms with Crippen LogP contribution in [0.2, 0.25) is 5.02 Å². The zero-order valence-electron chi connectivity index (χ0n) is 17.0. The topological polar surface area (TPSA) is 72.9 Å². The standard InChI is InChI=1S/C21H26ClNO5S/c1-15(2)21(24)23(11-12-27-4)14-17-8-6-9-18(13-17)28-29(25,26)20-16(3)7-5-10-19(20)22/h5-10,13,15H,11-12,14H2,1-4H3. The number of carbonyl (C=O) groups excluding carboxylic acids is 1. The van der Waals surface area contributed by atoms with Gasteiger partial charge in [0.15, 0.2) is 0 Å². The van der Waals surface area contributed by atoms with Gasteiger partial charge in [0.05, 0.1) is 11.6 Å². The van der Waals surface area contributed by atoms with Crippen LogP contribution in [0, 0.1) is 12.8 Å². The lowest BCUT2D eigenvalue weighted by Crippen LogP contribution is -2.36. The number of methoxy groups -OCH3 is 1. The summed E-state index contributed by atoms with van der Waals surface area (Å²) in [4.78, 5) is 14.1. The minimum absolute atomic E-state index is 0.00677. The molecule has 8 heteroatoms. The Morgan fingerprint density at radius 3 is 2.48 bits per heavy atom. The number of carbonyl (C=O) groups is 1. The van der Waals surface area contributed by atoms with Gasteiger partial charge in [-0.1, -0.05) is 49.7 Å². The molecule has 0 atom stereocenters. The molecule has 0 spiro atoms. The molecule has 0 aliphatic rings. The highest BCUT2D eigenvalue weighted by Crippen LogP contribution is 2.28. The predicted molar refractivity (Wildman–Crippen MR) is 113 cm³/mol. The molecule has 0 heterocycles. The van der Waals surface area contributed by atoms with Crippen LogP contribution in [0.3, 0.4) is 0 Å². The van der Waals surface area contributed by atoms with Gasteiger partial charge in [-0.3, -0.25) is 4.79 Å². The van der Waals surface area contributed by atoms with Crippen LogP contribution in [-0.4, -0.2) is 39.5 Å². The first-order chi connectivity index (χ1) is 13.7. The quantitative estimate of drug-likeness (QED) is 0.551. The second-order valence-electron chi connectivity index (χ2n) is 6.98. The van der Waals surface area contributed by atoms with Crippen molar-refractivity contribution in [2.75, 3.05) is 20.3 Å². The average Bonchev–Trinajstić information content (AvgIpc) is 2.64. The highest BCUT2D eigenvalue weighted by molar-refractivity contribution is 7.87. The van der Waals surface area contributed by atoms with E-state index >= 15 is 0 Å². The molecule has 158 valence electrons. The fourth-order valence-corrected chi connectivity index (χ4v) is 4.57. The van der Waals surface area contributed by atoms with Gasteiger partial charge in [-0.05, 0) is 36.2 Å². The molecular formula is C21H26ClNO5S. The number of aryl methyl sites for hydroxylation is 1. The smallest absolute Gasteiger partial charge is 0.340 e. The summed E-state index contributed by atoms with van der Waals surface area (Å²) in [6.45, 7) is 6.50. The Morgan fingerprint density at radius 1 is 1.17 bits per heavy atom. The SMILES string of the molecule is COCCN(Cc1cccc(OS(=O)(=O)c2c(C)cccc2Cl)c1)C(=O)C(C)C. The maximum absolute atomic E-state index is 12.7. The summed E-state index contributed by atoms with van der Waals surface area (Å²) in [5.74, 6) is -0.00643. The van der Waals surface area contributed by atoms with Crippen LogP contribution in [0.5, 0.6) is 5.75 Å². The molecule has 0 radical (unpaired) electrons. The minimum atomic E-state index is -4.10.